The topological polar surface area (TPSA) is 153 Å². The highest BCUT2D eigenvalue weighted by atomic mass is 127. The quantitative estimate of drug-likeness (QED) is 0.142. The van der Waals surface area contributed by atoms with Crippen LogP contribution < -0.4 is 10.6 Å². The van der Waals surface area contributed by atoms with Crippen molar-refractivity contribution in [2.75, 3.05) is 5.75 Å². The Labute approximate surface area is 170 Å². The number of thiol groups is 1. The Morgan fingerprint density at radius 3 is 1.96 bits per heavy atom. The van der Waals surface area contributed by atoms with E-state index in [-0.39, 0.29) is 9.84 Å². The van der Waals surface area contributed by atoms with Gasteiger partial charge in [-0.05, 0) is 25.2 Å². The van der Waals surface area contributed by atoms with Crippen LogP contribution in [0.15, 0.2) is 0 Å². The summed E-state index contributed by atoms with van der Waals surface area (Å²) in [7, 11) is 0. The van der Waals surface area contributed by atoms with Crippen LogP contribution in [0.5, 0.6) is 0 Å². The lowest BCUT2D eigenvalue weighted by molar-refractivity contribution is -0.142. The Kier molecular flexibility index (Phi) is 9.70. The van der Waals surface area contributed by atoms with Crippen LogP contribution in [0, 0.1) is 5.41 Å². The maximum Gasteiger partial charge on any atom is 0.326 e. The molecule has 0 bridgehead atoms. The van der Waals surface area contributed by atoms with Gasteiger partial charge in [0.05, 0.1) is 0 Å². The minimum Gasteiger partial charge on any atom is -0.481 e. The summed E-state index contributed by atoms with van der Waals surface area (Å²) >= 11 is 6.41. The van der Waals surface area contributed by atoms with Gasteiger partial charge in [0.2, 0.25) is 0 Å². The fraction of sp³-hybridized carbons (Fsp3) is 0.733. The van der Waals surface area contributed by atoms with E-state index < -0.39 is 47.9 Å². The molecule has 0 saturated carbocycles. The number of halogens is 1. The van der Waals surface area contributed by atoms with Gasteiger partial charge in [-0.1, -0.05) is 36.4 Å². The van der Waals surface area contributed by atoms with Crippen LogP contribution in [0.2, 0.25) is 0 Å². The van der Waals surface area contributed by atoms with Crippen molar-refractivity contribution in [1.82, 2.24) is 10.6 Å². The average molecular weight is 504 g/mol. The summed E-state index contributed by atoms with van der Waals surface area (Å²) in [5.74, 6) is -3.35. The zero-order valence-electron chi connectivity index (χ0n) is 14.8. The predicted octanol–water partition coefficient (Wildman–Crippen LogP) is 1.60. The van der Waals surface area contributed by atoms with Crippen LogP contribution in [0.1, 0.15) is 40.0 Å². The van der Waals surface area contributed by atoms with Gasteiger partial charge in [0.25, 0.3) is 0 Å². The molecule has 0 heterocycles. The zero-order valence-corrected chi connectivity index (χ0v) is 17.8. The molecule has 0 fully saturated rings. The van der Waals surface area contributed by atoms with Gasteiger partial charge in [0.15, 0.2) is 0 Å². The number of carboxylic acid groups (broad SMARTS) is 3. The Balaban J connectivity index is 5.14. The van der Waals surface area contributed by atoms with Crippen molar-refractivity contribution in [3.05, 3.63) is 0 Å². The third-order valence-electron chi connectivity index (χ3n) is 3.71. The molecule has 0 saturated heterocycles. The molecular weight excluding hydrogens is 479 g/mol. The van der Waals surface area contributed by atoms with Crippen LogP contribution in [0.25, 0.3) is 0 Å². The van der Waals surface area contributed by atoms with Crippen LogP contribution >= 0.6 is 35.2 Å². The number of hydrogen-bond acceptors (Lipinski definition) is 5. The Hall–Kier alpha value is -1.24. The Morgan fingerprint density at radius 2 is 1.58 bits per heavy atom. The van der Waals surface area contributed by atoms with E-state index in [1.54, 1.807) is 13.8 Å². The second-order valence-electron chi connectivity index (χ2n) is 6.95. The molecule has 0 aromatic heterocycles. The molecular formula is C15H25IN2O7S. The summed E-state index contributed by atoms with van der Waals surface area (Å²) in [6.07, 6.45) is -0.326. The molecule has 0 aliphatic rings. The standard InChI is InChI=1S/C15H25IN2O7S/c1-14(2,6-15(3,16)7-26)10(12(23)24)18-13(25)17-8(11(21)22)4-5-9(19)20/h8,10,26H,4-7H2,1-3H3,(H,19,20)(H,21,22)(H,23,24)(H2,17,18,25). The number of alkyl halides is 1. The Bertz CT molecular complexity index is 554. The maximum atomic E-state index is 12.1. The van der Waals surface area contributed by atoms with Gasteiger partial charge < -0.3 is 26.0 Å². The number of carbonyl (C=O) groups is 4. The lowest BCUT2D eigenvalue weighted by atomic mass is 9.77. The summed E-state index contributed by atoms with van der Waals surface area (Å²) < 4.78 is -0.304. The third kappa shape index (κ3) is 8.92. The average Bonchev–Trinajstić information content (AvgIpc) is 2.47. The van der Waals surface area contributed by atoms with Gasteiger partial charge in [-0.25, -0.2) is 14.4 Å². The smallest absolute Gasteiger partial charge is 0.326 e. The molecule has 0 rings (SSSR count). The monoisotopic (exact) mass is 504 g/mol. The molecule has 9 nitrogen and oxygen atoms in total. The van der Waals surface area contributed by atoms with Crippen molar-refractivity contribution >= 4 is 59.2 Å². The van der Waals surface area contributed by atoms with Crippen LogP contribution in [-0.4, -0.2) is 60.5 Å². The van der Waals surface area contributed by atoms with E-state index in [4.69, 9.17) is 10.2 Å². The molecule has 0 radical (unpaired) electrons. The number of carboxylic acids is 3. The molecule has 26 heavy (non-hydrogen) atoms. The first kappa shape index (κ1) is 24.8. The van der Waals surface area contributed by atoms with Crippen molar-refractivity contribution in [3.8, 4) is 0 Å². The molecule has 0 aromatic carbocycles. The number of urea groups is 1. The second kappa shape index (κ2) is 10.2. The van der Waals surface area contributed by atoms with E-state index in [0.717, 1.165) is 0 Å². The normalized spacial score (nSPS) is 16.0. The summed E-state index contributed by atoms with van der Waals surface area (Å²) in [6.45, 7) is 5.28. The largest absolute Gasteiger partial charge is 0.481 e. The number of aliphatic carboxylic acids is 3. The van der Waals surface area contributed by atoms with Gasteiger partial charge in [-0.3, -0.25) is 4.79 Å². The van der Waals surface area contributed by atoms with E-state index in [1.807, 2.05) is 6.92 Å². The fourth-order valence-corrected chi connectivity index (χ4v) is 3.65. The van der Waals surface area contributed by atoms with Crippen molar-refractivity contribution in [2.24, 2.45) is 5.41 Å². The summed E-state index contributed by atoms with van der Waals surface area (Å²) in [5, 5.41) is 31.6. The molecule has 0 spiro atoms. The minimum absolute atomic E-state index is 0.304. The van der Waals surface area contributed by atoms with E-state index in [9.17, 15) is 24.3 Å². The molecule has 0 aliphatic carbocycles. The van der Waals surface area contributed by atoms with E-state index in [2.05, 4.69) is 45.9 Å². The van der Waals surface area contributed by atoms with Gasteiger partial charge >= 0.3 is 23.9 Å². The van der Waals surface area contributed by atoms with E-state index >= 15 is 0 Å². The number of hydrogen-bond donors (Lipinski definition) is 6. The van der Waals surface area contributed by atoms with Crippen LogP contribution in [0.4, 0.5) is 4.79 Å². The molecule has 5 N–H and O–H groups in total. The maximum absolute atomic E-state index is 12.1. The Morgan fingerprint density at radius 1 is 1.04 bits per heavy atom. The highest BCUT2D eigenvalue weighted by molar-refractivity contribution is 14.1. The summed E-state index contributed by atoms with van der Waals surface area (Å²) in [6, 6.07) is -3.69. The number of amides is 2. The zero-order chi connectivity index (χ0) is 20.7. The molecule has 150 valence electrons. The van der Waals surface area contributed by atoms with Crippen molar-refractivity contribution in [3.63, 3.8) is 0 Å². The van der Waals surface area contributed by atoms with E-state index in [0.29, 0.717) is 12.2 Å². The van der Waals surface area contributed by atoms with Gasteiger partial charge in [0, 0.05) is 15.6 Å². The van der Waals surface area contributed by atoms with Gasteiger partial charge in [-0.15, -0.1) is 0 Å². The highest BCUT2D eigenvalue weighted by Gasteiger charge is 2.41. The van der Waals surface area contributed by atoms with E-state index in [1.165, 1.54) is 0 Å². The summed E-state index contributed by atoms with van der Waals surface area (Å²) in [4.78, 5) is 45.4. The van der Waals surface area contributed by atoms with Crippen molar-refractivity contribution < 1.29 is 34.5 Å². The third-order valence-corrected chi connectivity index (χ3v) is 5.77. The molecule has 3 unspecified atom stereocenters. The second-order valence-corrected chi connectivity index (χ2v) is 9.87. The molecule has 2 amide bonds. The lowest BCUT2D eigenvalue weighted by Gasteiger charge is -2.37. The van der Waals surface area contributed by atoms with Crippen LogP contribution in [-0.2, 0) is 14.4 Å². The summed E-state index contributed by atoms with van der Waals surface area (Å²) in [5.41, 5.74) is -0.846. The molecule has 3 atom stereocenters. The van der Waals surface area contributed by atoms with Crippen molar-refractivity contribution in [2.45, 2.75) is 55.5 Å². The molecule has 0 aromatic rings. The first-order valence-electron chi connectivity index (χ1n) is 7.76. The van der Waals surface area contributed by atoms with Crippen molar-refractivity contribution in [1.29, 1.82) is 0 Å². The predicted molar refractivity (Wildman–Crippen MR) is 106 cm³/mol. The number of nitrogens with one attached hydrogen (secondary N) is 2. The SMILES string of the molecule is CC(I)(CS)CC(C)(C)C(NC(=O)NC(CCC(=O)O)C(=O)O)C(=O)O. The lowest BCUT2D eigenvalue weighted by Crippen LogP contribution is -2.56. The number of rotatable bonds is 11. The number of carbonyl (C=O) groups excluding carboxylic acids is 1. The highest BCUT2D eigenvalue weighted by Crippen LogP contribution is 2.37. The first-order chi connectivity index (χ1) is 11.7. The van der Waals surface area contributed by atoms with Crippen LogP contribution in [0.3, 0.4) is 0 Å². The first-order valence-corrected chi connectivity index (χ1v) is 9.47. The van der Waals surface area contributed by atoms with Gasteiger partial charge in [0.1, 0.15) is 12.1 Å². The minimum atomic E-state index is -1.43. The fourth-order valence-electron chi connectivity index (χ4n) is 2.56. The molecule has 11 heteroatoms. The van der Waals surface area contributed by atoms with Gasteiger partial charge in [-0.2, -0.15) is 12.6 Å². The molecule has 0 aliphatic heterocycles.